The predicted octanol–water partition coefficient (Wildman–Crippen LogP) is 1.97. The summed E-state index contributed by atoms with van der Waals surface area (Å²) in [6.45, 7) is 5.06. The summed E-state index contributed by atoms with van der Waals surface area (Å²) in [5.74, 6) is -2.10. The Morgan fingerprint density at radius 2 is 1.67 bits per heavy atom. The van der Waals surface area contributed by atoms with E-state index in [1.165, 1.54) is 5.56 Å². The first kappa shape index (κ1) is 29.7. The number of benzene rings is 1. The van der Waals surface area contributed by atoms with Crippen LogP contribution in [-0.4, -0.2) is 76.2 Å². The number of nitrogens with one attached hydrogen (secondary N) is 2. The lowest BCUT2D eigenvalue weighted by molar-refractivity contribution is -0.165. The molecule has 13 nitrogen and oxygen atoms in total. The molecule has 1 aromatic carbocycles. The van der Waals surface area contributed by atoms with Gasteiger partial charge in [0.2, 0.25) is 5.95 Å². The van der Waals surface area contributed by atoms with Crippen molar-refractivity contribution >= 4 is 34.9 Å². The third-order valence-electron chi connectivity index (χ3n) is 6.70. The minimum atomic E-state index is -2.27. The van der Waals surface area contributed by atoms with Crippen LogP contribution < -0.4 is 16.4 Å². The maximum absolute atomic E-state index is 9.77. The Bertz CT molecular complexity index is 1210. The Morgan fingerprint density at radius 1 is 1.05 bits per heavy atom. The molecule has 1 unspecified atom stereocenters. The number of aliphatic carboxylic acids is 2. The number of aliphatic hydroxyl groups excluding tert-OH is 2. The van der Waals surface area contributed by atoms with E-state index in [2.05, 4.69) is 46.2 Å². The summed E-state index contributed by atoms with van der Waals surface area (Å²) in [6, 6.07) is 11.4. The van der Waals surface area contributed by atoms with E-state index in [0.29, 0.717) is 30.6 Å². The zero-order chi connectivity index (χ0) is 28.5. The first-order valence-corrected chi connectivity index (χ1v) is 13.0. The molecule has 4 rings (SSSR count). The number of hydrogen-bond acceptors (Lipinski definition) is 10. The van der Waals surface area contributed by atoms with Crippen LogP contribution in [0.25, 0.3) is 11.2 Å². The fourth-order valence-corrected chi connectivity index (χ4v) is 4.12. The maximum Gasteiger partial charge on any atom is 0.335 e. The molecule has 0 aliphatic heterocycles. The normalized spacial score (nSPS) is 19.3. The van der Waals surface area contributed by atoms with Gasteiger partial charge in [-0.1, -0.05) is 37.3 Å². The van der Waals surface area contributed by atoms with E-state index in [1.54, 1.807) is 0 Å². The average molecular weight is 544 g/mol. The minimum Gasteiger partial charge on any atom is -0.479 e. The zero-order valence-electron chi connectivity index (χ0n) is 22.1. The molecule has 0 saturated heterocycles. The van der Waals surface area contributed by atoms with E-state index in [0.717, 1.165) is 49.1 Å². The number of hydrogen-bond donors (Lipinski definition) is 7. The van der Waals surface area contributed by atoms with Crippen LogP contribution in [0.15, 0.2) is 36.7 Å². The highest BCUT2D eigenvalue weighted by atomic mass is 16.4. The van der Waals surface area contributed by atoms with Crippen LogP contribution in [0, 0.1) is 0 Å². The van der Waals surface area contributed by atoms with Gasteiger partial charge in [-0.3, -0.25) is 0 Å². The van der Waals surface area contributed by atoms with Crippen molar-refractivity contribution in [2.45, 2.75) is 82.8 Å². The van der Waals surface area contributed by atoms with Crippen molar-refractivity contribution in [2.75, 3.05) is 10.6 Å². The van der Waals surface area contributed by atoms with E-state index in [1.807, 2.05) is 24.5 Å². The molecule has 2 heterocycles. The quantitative estimate of drug-likeness (QED) is 0.196. The smallest absolute Gasteiger partial charge is 0.335 e. The summed E-state index contributed by atoms with van der Waals surface area (Å²) in [6.07, 6.45) is 2.57. The zero-order valence-corrected chi connectivity index (χ0v) is 22.1. The predicted molar refractivity (Wildman–Crippen MR) is 145 cm³/mol. The number of carbonyl (C=O) groups is 2. The molecule has 0 spiro atoms. The fourth-order valence-electron chi connectivity index (χ4n) is 4.12. The van der Waals surface area contributed by atoms with Gasteiger partial charge in [0.05, 0.1) is 6.33 Å². The molecule has 2 aromatic heterocycles. The SMILES string of the molecule is CCC(C)n1cnc2c(NCc3ccccc3)nc(NC3CCC(N)CC3)nc21.O=C(O)[C@@H](O)[C@@H](O)C(=O)O. The van der Waals surface area contributed by atoms with Crippen molar-refractivity contribution in [1.29, 1.82) is 0 Å². The summed E-state index contributed by atoms with van der Waals surface area (Å²) >= 11 is 0. The molecule has 3 aromatic rings. The number of carboxylic acids is 2. The number of aromatic nitrogens is 4. The van der Waals surface area contributed by atoms with Crippen LogP contribution in [0.1, 0.15) is 57.6 Å². The molecular formula is C26H37N7O6. The van der Waals surface area contributed by atoms with Crippen LogP contribution in [0.5, 0.6) is 0 Å². The van der Waals surface area contributed by atoms with E-state index < -0.39 is 24.1 Å². The molecule has 13 heteroatoms. The second-order valence-corrected chi connectivity index (χ2v) is 9.64. The maximum atomic E-state index is 9.77. The lowest BCUT2D eigenvalue weighted by Crippen LogP contribution is -2.39. The van der Waals surface area contributed by atoms with Gasteiger partial charge in [-0.05, 0) is 44.6 Å². The van der Waals surface area contributed by atoms with Crippen LogP contribution >= 0.6 is 0 Å². The number of nitrogens with two attached hydrogens (primary N) is 1. The first-order valence-electron chi connectivity index (χ1n) is 13.0. The highest BCUT2D eigenvalue weighted by molar-refractivity contribution is 5.84. The van der Waals surface area contributed by atoms with E-state index in [-0.39, 0.29) is 0 Å². The van der Waals surface area contributed by atoms with Crippen molar-refractivity contribution in [1.82, 2.24) is 19.5 Å². The Morgan fingerprint density at radius 3 is 2.23 bits per heavy atom. The third-order valence-corrected chi connectivity index (χ3v) is 6.70. The molecule has 1 aliphatic rings. The van der Waals surface area contributed by atoms with Gasteiger partial charge in [-0.15, -0.1) is 0 Å². The molecule has 8 N–H and O–H groups in total. The van der Waals surface area contributed by atoms with Gasteiger partial charge < -0.3 is 41.4 Å². The van der Waals surface area contributed by atoms with Gasteiger partial charge >= 0.3 is 11.9 Å². The number of carboxylic acid groups (broad SMARTS) is 2. The number of anilines is 2. The Kier molecular flexibility index (Phi) is 10.5. The van der Waals surface area contributed by atoms with E-state index in [9.17, 15) is 9.59 Å². The van der Waals surface area contributed by atoms with Gasteiger partial charge in [-0.2, -0.15) is 9.97 Å². The van der Waals surface area contributed by atoms with Crippen LogP contribution in [0.3, 0.4) is 0 Å². The molecule has 1 aliphatic carbocycles. The van der Waals surface area contributed by atoms with Crippen molar-refractivity contribution in [3.63, 3.8) is 0 Å². The topological polar surface area (TPSA) is 209 Å². The number of rotatable bonds is 10. The average Bonchev–Trinajstić information content (AvgIpc) is 3.36. The second kappa shape index (κ2) is 13.8. The van der Waals surface area contributed by atoms with Gasteiger partial charge in [0.1, 0.15) is 0 Å². The highest BCUT2D eigenvalue weighted by Crippen LogP contribution is 2.26. The fraction of sp³-hybridized carbons (Fsp3) is 0.500. The first-order chi connectivity index (χ1) is 18.6. The Labute approximate surface area is 226 Å². The van der Waals surface area contributed by atoms with Crippen LogP contribution in [-0.2, 0) is 16.1 Å². The molecule has 1 fully saturated rings. The Hall–Kier alpha value is -3.81. The number of imidazole rings is 1. The molecule has 0 radical (unpaired) electrons. The summed E-state index contributed by atoms with van der Waals surface area (Å²) in [5, 5.41) is 39.5. The largest absolute Gasteiger partial charge is 0.479 e. The molecular weight excluding hydrogens is 506 g/mol. The van der Waals surface area contributed by atoms with Gasteiger partial charge in [0, 0.05) is 24.7 Å². The molecule has 39 heavy (non-hydrogen) atoms. The molecule has 212 valence electrons. The summed E-state index contributed by atoms with van der Waals surface area (Å²) in [5.41, 5.74) is 8.95. The number of aliphatic hydroxyl groups is 2. The molecule has 0 bridgehead atoms. The third kappa shape index (κ3) is 8.09. The highest BCUT2D eigenvalue weighted by Gasteiger charge is 2.29. The summed E-state index contributed by atoms with van der Waals surface area (Å²) < 4.78 is 2.15. The minimum absolute atomic E-state index is 0.325. The number of fused-ring (bicyclic) bond motifs is 1. The monoisotopic (exact) mass is 543 g/mol. The van der Waals surface area contributed by atoms with Gasteiger partial charge in [0.25, 0.3) is 0 Å². The van der Waals surface area contributed by atoms with Gasteiger partial charge in [0.15, 0.2) is 29.2 Å². The molecule has 3 atom stereocenters. The van der Waals surface area contributed by atoms with E-state index >= 15 is 0 Å². The summed E-state index contributed by atoms with van der Waals surface area (Å²) in [4.78, 5) is 33.8. The van der Waals surface area contributed by atoms with Crippen molar-refractivity contribution < 1.29 is 30.0 Å². The number of nitrogens with zero attached hydrogens (tertiary/aromatic N) is 4. The lowest BCUT2D eigenvalue weighted by atomic mass is 9.92. The summed E-state index contributed by atoms with van der Waals surface area (Å²) in [7, 11) is 0. The molecule has 0 amide bonds. The van der Waals surface area contributed by atoms with Crippen molar-refractivity contribution in [3.8, 4) is 0 Å². The van der Waals surface area contributed by atoms with E-state index in [4.69, 9.17) is 36.1 Å². The Balaban J connectivity index is 0.000000360. The lowest BCUT2D eigenvalue weighted by Gasteiger charge is -2.27. The van der Waals surface area contributed by atoms with Gasteiger partial charge in [-0.25, -0.2) is 14.6 Å². The second-order valence-electron chi connectivity index (χ2n) is 9.64. The van der Waals surface area contributed by atoms with Crippen LogP contribution in [0.4, 0.5) is 11.8 Å². The van der Waals surface area contributed by atoms with Crippen molar-refractivity contribution in [2.24, 2.45) is 5.73 Å². The van der Waals surface area contributed by atoms with Crippen molar-refractivity contribution in [3.05, 3.63) is 42.2 Å². The van der Waals surface area contributed by atoms with Crippen LogP contribution in [0.2, 0.25) is 0 Å². The molecule has 1 saturated carbocycles. The standard InChI is InChI=1S/C22H31N7.C4H6O6/c1-3-15(2)29-14-25-19-20(24-13-16-7-5-4-6-8-16)27-22(28-21(19)29)26-18-11-9-17(23)10-12-18;5-1(3(7)8)2(6)4(9)10/h4-8,14-15,17-18H,3,9-13,23H2,1-2H3,(H2,24,26,27,28);1-2,5-6H,(H,7,8)(H,9,10)/t;1-,2+.